The first-order valence-electron chi connectivity index (χ1n) is 8.54. The molecule has 4 heteroatoms. The lowest BCUT2D eigenvalue weighted by Gasteiger charge is -2.35. The summed E-state index contributed by atoms with van der Waals surface area (Å²) in [5, 5.41) is 0. The number of para-hydroxylation sites is 1. The number of hydrogen-bond donors (Lipinski definition) is 0. The van der Waals surface area contributed by atoms with Crippen LogP contribution in [0.3, 0.4) is 0 Å². The summed E-state index contributed by atoms with van der Waals surface area (Å²) in [7, 11) is 0. The van der Waals surface area contributed by atoms with Gasteiger partial charge in [0.05, 0.1) is 6.54 Å². The number of carbonyl (C=O) groups is 1. The predicted molar refractivity (Wildman–Crippen MR) is 92.6 cm³/mol. The smallest absolute Gasteiger partial charge is 0.241 e. The van der Waals surface area contributed by atoms with Crippen molar-refractivity contribution >= 4 is 11.6 Å². The van der Waals surface area contributed by atoms with E-state index in [4.69, 9.17) is 0 Å². The molecule has 4 rings (SSSR count). The van der Waals surface area contributed by atoms with Crippen LogP contribution in [0.5, 0.6) is 0 Å². The van der Waals surface area contributed by atoms with E-state index in [1.807, 2.05) is 29.2 Å². The summed E-state index contributed by atoms with van der Waals surface area (Å²) in [6.45, 7) is 4.03. The molecular weight excluding hydrogens is 303 g/mol. The van der Waals surface area contributed by atoms with Gasteiger partial charge in [-0.2, -0.15) is 0 Å². The Morgan fingerprint density at radius 2 is 1.92 bits per heavy atom. The van der Waals surface area contributed by atoms with E-state index in [-0.39, 0.29) is 17.8 Å². The van der Waals surface area contributed by atoms with Crippen LogP contribution in [0.2, 0.25) is 0 Å². The zero-order valence-corrected chi connectivity index (χ0v) is 13.8. The van der Waals surface area contributed by atoms with Crippen molar-refractivity contribution in [1.29, 1.82) is 0 Å². The van der Waals surface area contributed by atoms with Crippen LogP contribution < -0.4 is 4.90 Å². The third kappa shape index (κ3) is 2.61. The van der Waals surface area contributed by atoms with Crippen molar-refractivity contribution in [3.05, 3.63) is 65.0 Å². The van der Waals surface area contributed by atoms with E-state index in [0.29, 0.717) is 6.54 Å². The lowest BCUT2D eigenvalue weighted by molar-refractivity contribution is -0.120. The Bertz CT molecular complexity index is 789. The molecule has 2 aromatic rings. The molecule has 1 unspecified atom stereocenters. The Morgan fingerprint density at radius 3 is 2.79 bits per heavy atom. The first-order valence-corrected chi connectivity index (χ1v) is 8.54. The fraction of sp³-hybridized carbons (Fsp3) is 0.350. The lowest BCUT2D eigenvalue weighted by Crippen LogP contribution is -2.43. The summed E-state index contributed by atoms with van der Waals surface area (Å²) in [6.07, 6.45) is 1.79. The van der Waals surface area contributed by atoms with Gasteiger partial charge < -0.3 is 4.90 Å². The molecule has 2 aliphatic heterocycles. The number of halogens is 1. The van der Waals surface area contributed by atoms with Gasteiger partial charge in [0.1, 0.15) is 5.82 Å². The highest BCUT2D eigenvalue weighted by Gasteiger charge is 2.30. The number of hydrogen-bond acceptors (Lipinski definition) is 2. The second-order valence-corrected chi connectivity index (χ2v) is 6.66. The van der Waals surface area contributed by atoms with Crippen LogP contribution in [-0.4, -0.2) is 30.4 Å². The maximum atomic E-state index is 13.6. The number of benzene rings is 2. The summed E-state index contributed by atoms with van der Waals surface area (Å²) in [6, 6.07) is 13.2. The van der Waals surface area contributed by atoms with Crippen LogP contribution in [-0.2, 0) is 17.6 Å². The minimum atomic E-state index is -0.206. The number of fused-ring (bicyclic) bond motifs is 2. The zero-order valence-electron chi connectivity index (χ0n) is 13.8. The summed E-state index contributed by atoms with van der Waals surface area (Å²) in [4.78, 5) is 16.9. The van der Waals surface area contributed by atoms with E-state index in [1.54, 1.807) is 6.07 Å². The van der Waals surface area contributed by atoms with E-state index in [1.165, 1.54) is 17.2 Å². The summed E-state index contributed by atoms with van der Waals surface area (Å²) in [5.41, 5.74) is 4.48. The van der Waals surface area contributed by atoms with Crippen molar-refractivity contribution in [3.8, 4) is 0 Å². The molecule has 1 atom stereocenters. The highest BCUT2D eigenvalue weighted by atomic mass is 19.1. The van der Waals surface area contributed by atoms with E-state index >= 15 is 0 Å². The van der Waals surface area contributed by atoms with Crippen molar-refractivity contribution in [3.63, 3.8) is 0 Å². The Hall–Kier alpha value is -2.20. The molecule has 124 valence electrons. The van der Waals surface area contributed by atoms with Gasteiger partial charge in [-0.25, -0.2) is 4.39 Å². The lowest BCUT2D eigenvalue weighted by atomic mass is 9.93. The van der Waals surface area contributed by atoms with Crippen LogP contribution in [0.4, 0.5) is 10.1 Å². The number of anilines is 1. The fourth-order valence-corrected chi connectivity index (χ4v) is 3.91. The number of amides is 1. The molecule has 0 saturated heterocycles. The minimum absolute atomic E-state index is 0.0613. The summed E-state index contributed by atoms with van der Waals surface area (Å²) >= 11 is 0. The van der Waals surface area contributed by atoms with Gasteiger partial charge in [0.15, 0.2) is 0 Å². The minimum Gasteiger partial charge on any atom is -0.311 e. The first kappa shape index (κ1) is 15.3. The van der Waals surface area contributed by atoms with Crippen molar-refractivity contribution in [2.75, 3.05) is 24.5 Å². The normalized spacial score (nSPS) is 19.9. The van der Waals surface area contributed by atoms with E-state index in [9.17, 15) is 9.18 Å². The highest BCUT2D eigenvalue weighted by Crippen LogP contribution is 2.31. The average molecular weight is 324 g/mol. The van der Waals surface area contributed by atoms with Gasteiger partial charge in [0.2, 0.25) is 5.91 Å². The largest absolute Gasteiger partial charge is 0.311 e. The molecular formula is C20H21FN2O. The van der Waals surface area contributed by atoms with Crippen LogP contribution in [0, 0.1) is 5.82 Å². The zero-order chi connectivity index (χ0) is 16.7. The molecule has 0 spiro atoms. The molecule has 2 aromatic carbocycles. The van der Waals surface area contributed by atoms with Gasteiger partial charge in [-0.1, -0.05) is 24.3 Å². The monoisotopic (exact) mass is 324 g/mol. The predicted octanol–water partition coefficient (Wildman–Crippen LogP) is 3.33. The van der Waals surface area contributed by atoms with E-state index in [2.05, 4.69) is 17.9 Å². The third-order valence-electron chi connectivity index (χ3n) is 5.30. The fourth-order valence-electron chi connectivity index (χ4n) is 3.91. The second kappa shape index (κ2) is 6.02. The molecule has 0 bridgehead atoms. The van der Waals surface area contributed by atoms with Gasteiger partial charge in [-0.15, -0.1) is 0 Å². The van der Waals surface area contributed by atoms with Gasteiger partial charge in [-0.05, 0) is 54.7 Å². The molecule has 0 aliphatic carbocycles. The van der Waals surface area contributed by atoms with Gasteiger partial charge >= 0.3 is 0 Å². The van der Waals surface area contributed by atoms with Crippen molar-refractivity contribution < 1.29 is 9.18 Å². The van der Waals surface area contributed by atoms with Gasteiger partial charge in [0.25, 0.3) is 0 Å². The molecule has 2 aliphatic rings. The number of rotatable bonds is 2. The van der Waals surface area contributed by atoms with Crippen molar-refractivity contribution in [2.24, 2.45) is 0 Å². The molecule has 24 heavy (non-hydrogen) atoms. The SMILES string of the molecule is CC1c2cc(F)ccc2CCN1CC(=O)N1CCc2ccccc21. The average Bonchev–Trinajstić information content (AvgIpc) is 3.02. The summed E-state index contributed by atoms with van der Waals surface area (Å²) < 4.78 is 13.6. The Kier molecular flexibility index (Phi) is 3.85. The van der Waals surface area contributed by atoms with Crippen LogP contribution in [0.15, 0.2) is 42.5 Å². The molecule has 1 amide bonds. The van der Waals surface area contributed by atoms with Crippen LogP contribution in [0.25, 0.3) is 0 Å². The standard InChI is InChI=1S/C20H21FN2O/c1-14-18-12-17(21)7-6-15(18)8-10-22(14)13-20(24)23-11-9-16-4-2-3-5-19(16)23/h2-7,12,14H,8-11,13H2,1H3. The van der Waals surface area contributed by atoms with Crippen LogP contribution >= 0.6 is 0 Å². The topological polar surface area (TPSA) is 23.6 Å². The number of carbonyl (C=O) groups excluding carboxylic acids is 1. The van der Waals surface area contributed by atoms with E-state index < -0.39 is 0 Å². The maximum absolute atomic E-state index is 13.6. The quantitative estimate of drug-likeness (QED) is 0.846. The number of nitrogens with zero attached hydrogens (tertiary/aromatic N) is 2. The molecule has 0 radical (unpaired) electrons. The van der Waals surface area contributed by atoms with Crippen molar-refractivity contribution in [2.45, 2.75) is 25.8 Å². The van der Waals surface area contributed by atoms with Gasteiger partial charge in [0, 0.05) is 24.8 Å². The second-order valence-electron chi connectivity index (χ2n) is 6.66. The highest BCUT2D eigenvalue weighted by molar-refractivity contribution is 5.96. The van der Waals surface area contributed by atoms with Gasteiger partial charge in [-0.3, -0.25) is 9.69 Å². The van der Waals surface area contributed by atoms with Crippen molar-refractivity contribution in [1.82, 2.24) is 4.90 Å². The van der Waals surface area contributed by atoms with E-state index in [0.717, 1.165) is 37.2 Å². The Morgan fingerprint density at radius 1 is 1.12 bits per heavy atom. The molecule has 0 saturated carbocycles. The molecule has 0 fully saturated rings. The van der Waals surface area contributed by atoms with Crippen LogP contribution in [0.1, 0.15) is 29.7 Å². The molecule has 3 nitrogen and oxygen atoms in total. The molecule has 0 N–H and O–H groups in total. The Balaban J connectivity index is 1.51. The molecule has 0 aromatic heterocycles. The first-order chi connectivity index (χ1) is 11.6. The summed E-state index contributed by atoms with van der Waals surface area (Å²) in [5.74, 6) is -0.0751. The third-order valence-corrected chi connectivity index (χ3v) is 5.30. The Labute approximate surface area is 141 Å². The maximum Gasteiger partial charge on any atom is 0.241 e. The molecule has 2 heterocycles.